The van der Waals surface area contributed by atoms with E-state index in [-0.39, 0.29) is 5.82 Å². The van der Waals surface area contributed by atoms with Crippen LogP contribution >= 0.6 is 11.8 Å². The normalized spacial score (nSPS) is 11.2. The van der Waals surface area contributed by atoms with Crippen molar-refractivity contribution in [1.82, 2.24) is 25.1 Å². The highest BCUT2D eigenvalue weighted by Crippen LogP contribution is 2.12. The number of aromatic nitrogens is 4. The second-order valence-corrected chi connectivity index (χ2v) is 5.36. The number of aryl methyl sites for hydroxylation is 1. The third-order valence-electron chi connectivity index (χ3n) is 2.65. The van der Waals surface area contributed by atoms with Gasteiger partial charge in [0.1, 0.15) is 5.82 Å². The molecule has 0 aliphatic carbocycles. The molecule has 19 heavy (non-hydrogen) atoms. The number of thioether (sulfide) groups is 1. The van der Waals surface area contributed by atoms with E-state index in [4.69, 9.17) is 0 Å². The number of tetrazole rings is 1. The zero-order valence-electron chi connectivity index (χ0n) is 11.0. The van der Waals surface area contributed by atoms with Gasteiger partial charge in [-0.25, -0.2) is 9.07 Å². The number of halogens is 1. The summed E-state index contributed by atoms with van der Waals surface area (Å²) in [6.07, 6.45) is 0. The Labute approximate surface area is 115 Å². The van der Waals surface area contributed by atoms with E-state index in [9.17, 15) is 4.39 Å². The van der Waals surface area contributed by atoms with Crippen LogP contribution in [0.5, 0.6) is 0 Å². The van der Waals surface area contributed by atoms with Crippen LogP contribution in [0.25, 0.3) is 0 Å². The minimum absolute atomic E-state index is 0.197. The van der Waals surface area contributed by atoms with Crippen molar-refractivity contribution in [2.24, 2.45) is 7.05 Å². The van der Waals surface area contributed by atoms with Gasteiger partial charge in [-0.05, 0) is 35.2 Å². The van der Waals surface area contributed by atoms with E-state index < -0.39 is 0 Å². The molecule has 0 spiro atoms. The fourth-order valence-electron chi connectivity index (χ4n) is 1.62. The molecule has 0 atom stereocenters. The molecule has 102 valence electrons. The molecule has 2 rings (SSSR count). The van der Waals surface area contributed by atoms with E-state index in [1.165, 1.54) is 12.1 Å². The first-order chi connectivity index (χ1) is 9.15. The van der Waals surface area contributed by atoms with E-state index in [0.717, 1.165) is 29.6 Å². The zero-order chi connectivity index (χ0) is 13.7. The minimum Gasteiger partial charge on any atom is -0.301 e. The van der Waals surface area contributed by atoms with E-state index in [1.807, 2.05) is 26.2 Å². The number of hydrogen-bond acceptors (Lipinski definition) is 5. The number of benzene rings is 1. The lowest BCUT2D eigenvalue weighted by Crippen LogP contribution is -2.20. The van der Waals surface area contributed by atoms with E-state index in [0.29, 0.717) is 0 Å². The van der Waals surface area contributed by atoms with Crippen molar-refractivity contribution in [3.63, 3.8) is 0 Å². The molecule has 7 heteroatoms. The van der Waals surface area contributed by atoms with Gasteiger partial charge in [0.2, 0.25) is 5.16 Å². The fraction of sp³-hybridized carbons (Fsp3) is 0.417. The average molecular weight is 281 g/mol. The van der Waals surface area contributed by atoms with Crippen LogP contribution in [0.1, 0.15) is 5.56 Å². The minimum atomic E-state index is -0.197. The molecule has 1 aromatic carbocycles. The first-order valence-corrected chi connectivity index (χ1v) is 6.92. The van der Waals surface area contributed by atoms with Crippen molar-refractivity contribution >= 4 is 11.8 Å². The molecule has 2 aromatic rings. The average Bonchev–Trinajstić information content (AvgIpc) is 2.78. The maximum Gasteiger partial charge on any atom is 0.209 e. The fourth-order valence-corrected chi connectivity index (χ4v) is 2.52. The van der Waals surface area contributed by atoms with Gasteiger partial charge in [0.25, 0.3) is 0 Å². The van der Waals surface area contributed by atoms with Crippen molar-refractivity contribution in [3.05, 3.63) is 35.6 Å². The largest absolute Gasteiger partial charge is 0.301 e. The maximum absolute atomic E-state index is 12.8. The summed E-state index contributed by atoms with van der Waals surface area (Å²) in [4.78, 5) is 2.18. The van der Waals surface area contributed by atoms with Crippen LogP contribution < -0.4 is 0 Å². The van der Waals surface area contributed by atoms with E-state index in [2.05, 4.69) is 20.4 Å². The Balaban J connectivity index is 1.74. The van der Waals surface area contributed by atoms with Gasteiger partial charge in [0.05, 0.1) is 0 Å². The van der Waals surface area contributed by atoms with Gasteiger partial charge >= 0.3 is 0 Å². The van der Waals surface area contributed by atoms with Crippen molar-refractivity contribution < 1.29 is 4.39 Å². The van der Waals surface area contributed by atoms with Crippen LogP contribution in [0.3, 0.4) is 0 Å². The third-order valence-corrected chi connectivity index (χ3v) is 3.64. The third kappa shape index (κ3) is 4.29. The molecule has 0 bridgehead atoms. The van der Waals surface area contributed by atoms with Crippen LogP contribution in [0.15, 0.2) is 29.4 Å². The molecule has 0 radical (unpaired) electrons. The van der Waals surface area contributed by atoms with Crippen LogP contribution in [0.4, 0.5) is 4.39 Å². The van der Waals surface area contributed by atoms with Crippen LogP contribution in [-0.2, 0) is 13.6 Å². The van der Waals surface area contributed by atoms with Crippen molar-refractivity contribution in [3.8, 4) is 0 Å². The molecular formula is C12H16FN5S. The molecule has 0 unspecified atom stereocenters. The molecule has 1 aromatic heterocycles. The maximum atomic E-state index is 12.8. The Bertz CT molecular complexity index is 513. The smallest absolute Gasteiger partial charge is 0.209 e. The Kier molecular flexibility index (Phi) is 4.86. The summed E-state index contributed by atoms with van der Waals surface area (Å²) in [5.41, 5.74) is 1.11. The summed E-state index contributed by atoms with van der Waals surface area (Å²) in [6, 6.07) is 6.60. The lowest BCUT2D eigenvalue weighted by Gasteiger charge is -2.16. The lowest BCUT2D eigenvalue weighted by molar-refractivity contribution is 0.348. The molecule has 0 aliphatic heterocycles. The van der Waals surface area contributed by atoms with Gasteiger partial charge in [-0.3, -0.25) is 0 Å². The summed E-state index contributed by atoms with van der Waals surface area (Å²) < 4.78 is 14.4. The van der Waals surface area contributed by atoms with E-state index >= 15 is 0 Å². The van der Waals surface area contributed by atoms with E-state index in [1.54, 1.807) is 16.4 Å². The Morgan fingerprint density at radius 1 is 1.32 bits per heavy atom. The molecule has 1 heterocycles. The predicted octanol–water partition coefficient (Wildman–Crippen LogP) is 1.57. The molecule has 5 nitrogen and oxygen atoms in total. The highest BCUT2D eigenvalue weighted by atomic mass is 32.2. The summed E-state index contributed by atoms with van der Waals surface area (Å²) in [7, 11) is 3.86. The lowest BCUT2D eigenvalue weighted by atomic mass is 10.2. The molecule has 0 aliphatic rings. The van der Waals surface area contributed by atoms with Crippen molar-refractivity contribution in [2.75, 3.05) is 19.3 Å². The second kappa shape index (κ2) is 6.63. The summed E-state index contributed by atoms with van der Waals surface area (Å²) in [5, 5.41) is 12.1. The predicted molar refractivity (Wildman–Crippen MR) is 72.3 cm³/mol. The molecular weight excluding hydrogens is 265 g/mol. The SMILES string of the molecule is CN(CCSc1nnnn1C)Cc1ccc(F)cc1. The van der Waals surface area contributed by atoms with Gasteiger partial charge in [-0.1, -0.05) is 23.9 Å². The highest BCUT2D eigenvalue weighted by molar-refractivity contribution is 7.99. The summed E-state index contributed by atoms with van der Waals surface area (Å²) >= 11 is 1.62. The molecule has 0 amide bonds. The van der Waals surface area contributed by atoms with Gasteiger partial charge in [-0.2, -0.15) is 0 Å². The zero-order valence-corrected chi connectivity index (χ0v) is 11.8. The number of nitrogens with zero attached hydrogens (tertiary/aromatic N) is 5. The van der Waals surface area contributed by atoms with Crippen molar-refractivity contribution in [2.45, 2.75) is 11.7 Å². The van der Waals surface area contributed by atoms with Crippen LogP contribution in [-0.4, -0.2) is 44.5 Å². The van der Waals surface area contributed by atoms with Crippen LogP contribution in [0, 0.1) is 5.82 Å². The number of rotatable bonds is 6. The van der Waals surface area contributed by atoms with Gasteiger partial charge in [0.15, 0.2) is 0 Å². The van der Waals surface area contributed by atoms with Crippen molar-refractivity contribution in [1.29, 1.82) is 0 Å². The molecule has 0 fully saturated rings. The monoisotopic (exact) mass is 281 g/mol. The van der Waals surface area contributed by atoms with Crippen LogP contribution in [0.2, 0.25) is 0 Å². The Morgan fingerprint density at radius 2 is 2.05 bits per heavy atom. The first-order valence-electron chi connectivity index (χ1n) is 5.93. The summed E-state index contributed by atoms with van der Waals surface area (Å²) in [6.45, 7) is 1.72. The molecule has 0 saturated carbocycles. The number of hydrogen-bond donors (Lipinski definition) is 0. The molecule has 0 saturated heterocycles. The van der Waals surface area contributed by atoms with Gasteiger partial charge in [-0.15, -0.1) is 5.10 Å². The summed E-state index contributed by atoms with van der Waals surface area (Å²) in [5.74, 6) is 0.711. The Hall–Kier alpha value is -1.47. The standard InChI is InChI=1S/C12H16FN5S/c1-17(9-10-3-5-11(13)6-4-10)7-8-19-12-14-15-16-18(12)2/h3-6H,7-9H2,1-2H3. The first kappa shape index (κ1) is 14.0. The molecule has 0 N–H and O–H groups in total. The highest BCUT2D eigenvalue weighted by Gasteiger charge is 2.05. The topological polar surface area (TPSA) is 46.8 Å². The second-order valence-electron chi connectivity index (χ2n) is 4.30. The Morgan fingerprint density at radius 3 is 2.68 bits per heavy atom. The quantitative estimate of drug-likeness (QED) is 0.752. The van der Waals surface area contributed by atoms with Gasteiger partial charge < -0.3 is 4.90 Å². The van der Waals surface area contributed by atoms with Gasteiger partial charge in [0, 0.05) is 25.9 Å².